The van der Waals surface area contributed by atoms with Crippen molar-refractivity contribution in [2.24, 2.45) is 0 Å². The minimum Gasteiger partial charge on any atom is -0.494 e. The van der Waals surface area contributed by atoms with Crippen LogP contribution in [0, 0.1) is 0 Å². The zero-order valence-electron chi connectivity index (χ0n) is 12.1. The van der Waals surface area contributed by atoms with Gasteiger partial charge in [0, 0.05) is 19.1 Å². The first-order valence-electron chi connectivity index (χ1n) is 7.24. The Morgan fingerprint density at radius 3 is 2.75 bits per heavy atom. The Bertz CT molecular complexity index is 651. The van der Waals surface area contributed by atoms with Gasteiger partial charge < -0.3 is 14.6 Å². The average molecular weight is 275 g/mol. The number of piperidine rings is 1. The Balaban J connectivity index is 2.03. The highest BCUT2D eigenvalue weighted by molar-refractivity contribution is 5.82. The number of H-pyrrole nitrogens is 1. The fourth-order valence-corrected chi connectivity index (χ4v) is 3.16. The normalized spacial score (nSPS) is 17.7. The van der Waals surface area contributed by atoms with Crippen molar-refractivity contribution in [3.63, 3.8) is 0 Å². The molecule has 1 saturated heterocycles. The van der Waals surface area contributed by atoms with E-state index in [9.17, 15) is 4.79 Å². The molecule has 1 N–H and O–H groups in total. The standard InChI is InChI=1S/C15H21N3O2/c1-3-17-9-7-11(8-10-17)18-14-12(16-15(18)19)5-4-6-13(14)20-2/h4-6,11H,3,7-10H2,1-2H3,(H,16,19). The lowest BCUT2D eigenvalue weighted by Gasteiger charge is -2.31. The Hall–Kier alpha value is -1.75. The fourth-order valence-electron chi connectivity index (χ4n) is 3.16. The monoisotopic (exact) mass is 275 g/mol. The summed E-state index contributed by atoms with van der Waals surface area (Å²) in [7, 11) is 1.65. The van der Waals surface area contributed by atoms with Gasteiger partial charge >= 0.3 is 5.69 Å². The number of hydrogen-bond donors (Lipinski definition) is 1. The number of rotatable bonds is 3. The Morgan fingerprint density at radius 2 is 2.10 bits per heavy atom. The molecule has 0 spiro atoms. The molecule has 0 atom stereocenters. The van der Waals surface area contributed by atoms with E-state index in [1.165, 1.54) is 0 Å². The third-order valence-electron chi connectivity index (χ3n) is 4.29. The zero-order valence-corrected chi connectivity index (χ0v) is 12.1. The maximum Gasteiger partial charge on any atom is 0.326 e. The number of ether oxygens (including phenoxy) is 1. The van der Waals surface area contributed by atoms with Gasteiger partial charge in [-0.3, -0.25) is 4.57 Å². The second-order valence-corrected chi connectivity index (χ2v) is 5.32. The summed E-state index contributed by atoms with van der Waals surface area (Å²) in [5.74, 6) is 0.763. The number of aromatic amines is 1. The number of nitrogens with zero attached hydrogens (tertiary/aromatic N) is 2. The van der Waals surface area contributed by atoms with Crippen LogP contribution in [0.3, 0.4) is 0 Å². The van der Waals surface area contributed by atoms with Crippen molar-refractivity contribution in [3.8, 4) is 5.75 Å². The molecule has 0 unspecified atom stereocenters. The zero-order chi connectivity index (χ0) is 14.1. The van der Waals surface area contributed by atoms with Crippen LogP contribution in [0.2, 0.25) is 0 Å². The van der Waals surface area contributed by atoms with Gasteiger partial charge in [0.25, 0.3) is 0 Å². The molecule has 1 aliphatic heterocycles. The second kappa shape index (κ2) is 5.32. The lowest BCUT2D eigenvalue weighted by Crippen LogP contribution is -2.36. The Labute approximate surface area is 118 Å². The van der Waals surface area contributed by atoms with Gasteiger partial charge in [-0.2, -0.15) is 0 Å². The van der Waals surface area contributed by atoms with Gasteiger partial charge in [0.2, 0.25) is 0 Å². The van der Waals surface area contributed by atoms with Gasteiger partial charge in [0.15, 0.2) is 0 Å². The predicted molar refractivity (Wildman–Crippen MR) is 79.5 cm³/mol. The molecule has 1 aromatic heterocycles. The van der Waals surface area contributed by atoms with E-state index in [0.717, 1.165) is 49.3 Å². The van der Waals surface area contributed by atoms with Crippen LogP contribution < -0.4 is 10.4 Å². The largest absolute Gasteiger partial charge is 0.494 e. The van der Waals surface area contributed by atoms with Crippen LogP contribution >= 0.6 is 0 Å². The first-order valence-corrected chi connectivity index (χ1v) is 7.24. The molecule has 5 nitrogen and oxygen atoms in total. The van der Waals surface area contributed by atoms with Crippen LogP contribution in [0.15, 0.2) is 23.0 Å². The second-order valence-electron chi connectivity index (χ2n) is 5.32. The molecule has 1 aliphatic rings. The summed E-state index contributed by atoms with van der Waals surface area (Å²) in [5, 5.41) is 0. The summed E-state index contributed by atoms with van der Waals surface area (Å²) in [5.41, 5.74) is 1.72. The van der Waals surface area contributed by atoms with Crippen LogP contribution in [-0.4, -0.2) is 41.2 Å². The third-order valence-corrected chi connectivity index (χ3v) is 4.29. The van der Waals surface area contributed by atoms with Gasteiger partial charge in [-0.05, 0) is 31.5 Å². The van der Waals surface area contributed by atoms with E-state index < -0.39 is 0 Å². The van der Waals surface area contributed by atoms with Gasteiger partial charge in [0.05, 0.1) is 12.6 Å². The van der Waals surface area contributed by atoms with Crippen molar-refractivity contribution in [1.82, 2.24) is 14.5 Å². The predicted octanol–water partition coefficient (Wildman–Crippen LogP) is 1.99. The molecule has 0 radical (unpaired) electrons. The molecule has 0 amide bonds. The van der Waals surface area contributed by atoms with Gasteiger partial charge in [-0.25, -0.2) is 4.79 Å². The number of nitrogens with one attached hydrogen (secondary N) is 1. The molecular formula is C15H21N3O2. The first-order chi connectivity index (χ1) is 9.74. The number of imidazole rings is 1. The molecule has 1 fully saturated rings. The highest BCUT2D eigenvalue weighted by atomic mass is 16.5. The van der Waals surface area contributed by atoms with Gasteiger partial charge in [-0.1, -0.05) is 13.0 Å². The summed E-state index contributed by atoms with van der Waals surface area (Å²) in [6, 6.07) is 6.00. The van der Waals surface area contributed by atoms with Crippen molar-refractivity contribution in [2.75, 3.05) is 26.7 Å². The molecular weight excluding hydrogens is 254 g/mol. The number of benzene rings is 1. The Kier molecular flexibility index (Phi) is 3.53. The highest BCUT2D eigenvalue weighted by Crippen LogP contribution is 2.29. The molecule has 3 rings (SSSR count). The summed E-state index contributed by atoms with van der Waals surface area (Å²) in [6.07, 6.45) is 2.03. The maximum atomic E-state index is 12.3. The highest BCUT2D eigenvalue weighted by Gasteiger charge is 2.24. The Morgan fingerprint density at radius 1 is 1.35 bits per heavy atom. The van der Waals surface area contributed by atoms with Crippen LogP contribution in [0.1, 0.15) is 25.8 Å². The first kappa shape index (κ1) is 13.2. The third kappa shape index (κ3) is 2.12. The number of hydrogen-bond acceptors (Lipinski definition) is 3. The molecule has 2 heterocycles. The maximum absolute atomic E-state index is 12.3. The van der Waals surface area contributed by atoms with E-state index in [1.807, 2.05) is 22.8 Å². The molecule has 0 bridgehead atoms. The number of aromatic nitrogens is 2. The van der Waals surface area contributed by atoms with Crippen LogP contribution in [0.25, 0.3) is 11.0 Å². The van der Waals surface area contributed by atoms with E-state index >= 15 is 0 Å². The lowest BCUT2D eigenvalue weighted by molar-refractivity contribution is 0.194. The smallest absolute Gasteiger partial charge is 0.326 e. The topological polar surface area (TPSA) is 50.3 Å². The van der Waals surface area contributed by atoms with Crippen LogP contribution in [0.4, 0.5) is 0 Å². The summed E-state index contributed by atoms with van der Waals surface area (Å²) >= 11 is 0. The summed E-state index contributed by atoms with van der Waals surface area (Å²) in [4.78, 5) is 17.7. The molecule has 108 valence electrons. The molecule has 0 aliphatic carbocycles. The number of para-hydroxylation sites is 1. The average Bonchev–Trinajstić information content (AvgIpc) is 2.83. The van der Waals surface area contributed by atoms with E-state index in [2.05, 4.69) is 16.8 Å². The van der Waals surface area contributed by atoms with E-state index in [1.54, 1.807) is 7.11 Å². The minimum atomic E-state index is -0.0283. The van der Waals surface area contributed by atoms with E-state index in [-0.39, 0.29) is 11.7 Å². The number of methoxy groups -OCH3 is 1. The van der Waals surface area contributed by atoms with Crippen LogP contribution in [0.5, 0.6) is 5.75 Å². The van der Waals surface area contributed by atoms with Crippen molar-refractivity contribution < 1.29 is 4.74 Å². The SMILES string of the molecule is CCN1CCC(n2c(=O)[nH]c3cccc(OC)c32)CC1. The van der Waals surface area contributed by atoms with Gasteiger partial charge in [-0.15, -0.1) is 0 Å². The minimum absolute atomic E-state index is 0.0283. The number of likely N-dealkylation sites (tertiary alicyclic amines) is 1. The molecule has 5 heteroatoms. The molecule has 0 saturated carbocycles. The summed E-state index contributed by atoms with van der Waals surface area (Å²) in [6.45, 7) is 5.37. The fraction of sp³-hybridized carbons (Fsp3) is 0.533. The van der Waals surface area contributed by atoms with E-state index in [4.69, 9.17) is 4.74 Å². The van der Waals surface area contributed by atoms with E-state index in [0.29, 0.717) is 0 Å². The van der Waals surface area contributed by atoms with Gasteiger partial charge in [0.1, 0.15) is 11.3 Å². The summed E-state index contributed by atoms with van der Waals surface area (Å²) < 4.78 is 7.31. The number of fused-ring (bicyclic) bond motifs is 1. The van der Waals surface area contributed by atoms with Crippen molar-refractivity contribution >= 4 is 11.0 Å². The van der Waals surface area contributed by atoms with Crippen molar-refractivity contribution in [3.05, 3.63) is 28.7 Å². The molecule has 2 aromatic rings. The van der Waals surface area contributed by atoms with Crippen molar-refractivity contribution in [2.45, 2.75) is 25.8 Å². The lowest BCUT2D eigenvalue weighted by atomic mass is 10.0. The van der Waals surface area contributed by atoms with Crippen LogP contribution in [-0.2, 0) is 0 Å². The van der Waals surface area contributed by atoms with Crippen molar-refractivity contribution in [1.29, 1.82) is 0 Å². The quantitative estimate of drug-likeness (QED) is 0.932. The molecule has 20 heavy (non-hydrogen) atoms. The molecule has 1 aromatic carbocycles.